The van der Waals surface area contributed by atoms with E-state index in [2.05, 4.69) is 10.2 Å². The van der Waals surface area contributed by atoms with Crippen LogP contribution in [0.15, 0.2) is 12.1 Å². The van der Waals surface area contributed by atoms with Crippen LogP contribution >= 0.6 is 23.4 Å². The number of anilines is 1. The Balaban J connectivity index is 1.49. The van der Waals surface area contributed by atoms with Crippen LogP contribution in [0.4, 0.5) is 5.69 Å². The van der Waals surface area contributed by atoms with Crippen LogP contribution in [0.1, 0.15) is 41.6 Å². The van der Waals surface area contributed by atoms with Gasteiger partial charge in [-0.25, -0.2) is 0 Å². The van der Waals surface area contributed by atoms with Crippen molar-refractivity contribution in [2.75, 3.05) is 36.5 Å². The third-order valence-corrected chi connectivity index (χ3v) is 5.85. The SMILES string of the molecule is O=C1Cc2cc(C(=O)CSCCN3CCCCCC3)c(Cl)cc2N1. The molecule has 0 bridgehead atoms. The summed E-state index contributed by atoms with van der Waals surface area (Å²) < 4.78 is 0. The average molecular weight is 367 g/mol. The summed E-state index contributed by atoms with van der Waals surface area (Å²) in [6, 6.07) is 3.46. The number of rotatable bonds is 6. The first kappa shape index (κ1) is 17.8. The number of hydrogen-bond donors (Lipinski definition) is 1. The smallest absolute Gasteiger partial charge is 0.228 e. The van der Waals surface area contributed by atoms with Crippen molar-refractivity contribution in [2.45, 2.75) is 32.1 Å². The summed E-state index contributed by atoms with van der Waals surface area (Å²) in [5.74, 6) is 1.41. The summed E-state index contributed by atoms with van der Waals surface area (Å²) in [7, 11) is 0. The summed E-state index contributed by atoms with van der Waals surface area (Å²) in [5, 5.41) is 3.18. The predicted molar refractivity (Wildman–Crippen MR) is 100 cm³/mol. The number of carbonyl (C=O) groups excluding carboxylic acids is 2. The lowest BCUT2D eigenvalue weighted by molar-refractivity contribution is -0.115. The molecule has 2 heterocycles. The molecule has 1 saturated heterocycles. The molecular weight excluding hydrogens is 344 g/mol. The molecule has 2 aliphatic rings. The molecule has 1 amide bonds. The zero-order valence-corrected chi connectivity index (χ0v) is 15.3. The van der Waals surface area contributed by atoms with Crippen molar-refractivity contribution in [3.63, 3.8) is 0 Å². The van der Waals surface area contributed by atoms with Crippen LogP contribution < -0.4 is 5.32 Å². The second kappa shape index (κ2) is 8.37. The van der Waals surface area contributed by atoms with Gasteiger partial charge in [0.05, 0.1) is 17.2 Å². The Labute approximate surface area is 152 Å². The lowest BCUT2D eigenvalue weighted by atomic mass is 10.1. The quantitative estimate of drug-likeness (QED) is 0.617. The molecule has 0 aromatic heterocycles. The fourth-order valence-electron chi connectivity index (χ4n) is 3.26. The van der Waals surface area contributed by atoms with E-state index in [1.807, 2.05) is 0 Å². The molecule has 6 heteroatoms. The highest BCUT2D eigenvalue weighted by molar-refractivity contribution is 8.00. The van der Waals surface area contributed by atoms with Crippen molar-refractivity contribution >= 4 is 40.7 Å². The largest absolute Gasteiger partial charge is 0.325 e. The number of Topliss-reactive ketones (excluding diaryl/α,β-unsaturated/α-hetero) is 1. The van der Waals surface area contributed by atoms with E-state index in [4.69, 9.17) is 11.6 Å². The lowest BCUT2D eigenvalue weighted by Gasteiger charge is -2.19. The molecule has 2 aliphatic heterocycles. The molecule has 24 heavy (non-hydrogen) atoms. The number of ketones is 1. The monoisotopic (exact) mass is 366 g/mol. The number of fused-ring (bicyclic) bond motifs is 1. The van der Waals surface area contributed by atoms with Gasteiger partial charge in [0, 0.05) is 23.5 Å². The molecule has 0 spiro atoms. The van der Waals surface area contributed by atoms with Crippen molar-refractivity contribution in [1.29, 1.82) is 0 Å². The summed E-state index contributed by atoms with van der Waals surface area (Å²) in [6.45, 7) is 3.42. The van der Waals surface area contributed by atoms with Crippen molar-refractivity contribution in [3.8, 4) is 0 Å². The molecule has 1 aromatic carbocycles. The average Bonchev–Trinajstić information content (AvgIpc) is 2.74. The van der Waals surface area contributed by atoms with Crippen LogP contribution in [0, 0.1) is 0 Å². The van der Waals surface area contributed by atoms with Crippen LogP contribution in [-0.4, -0.2) is 47.7 Å². The lowest BCUT2D eigenvalue weighted by Crippen LogP contribution is -2.27. The van der Waals surface area contributed by atoms with Gasteiger partial charge in [-0.1, -0.05) is 24.4 Å². The third-order valence-electron chi connectivity index (χ3n) is 4.60. The normalized spacial score (nSPS) is 18.1. The van der Waals surface area contributed by atoms with Gasteiger partial charge in [-0.3, -0.25) is 9.59 Å². The molecule has 0 saturated carbocycles. The summed E-state index contributed by atoms with van der Waals surface area (Å²) in [6.07, 6.45) is 5.60. The Hall–Kier alpha value is -1.04. The maximum atomic E-state index is 12.4. The van der Waals surface area contributed by atoms with Crippen LogP contribution in [0.3, 0.4) is 0 Å². The van der Waals surface area contributed by atoms with Gasteiger partial charge in [0.1, 0.15) is 0 Å². The number of thioether (sulfide) groups is 1. The number of amides is 1. The molecule has 130 valence electrons. The first-order valence-electron chi connectivity index (χ1n) is 8.59. The minimum Gasteiger partial charge on any atom is -0.325 e. The number of carbonyl (C=O) groups is 2. The molecule has 0 unspecified atom stereocenters. The van der Waals surface area contributed by atoms with Crippen molar-refractivity contribution in [1.82, 2.24) is 4.90 Å². The maximum Gasteiger partial charge on any atom is 0.228 e. The highest BCUT2D eigenvalue weighted by Gasteiger charge is 2.21. The Bertz CT molecular complexity index is 628. The van der Waals surface area contributed by atoms with Crippen LogP contribution in [0.25, 0.3) is 0 Å². The second-order valence-corrected chi connectivity index (χ2v) is 7.96. The fourth-order valence-corrected chi connectivity index (χ4v) is 4.40. The number of nitrogens with one attached hydrogen (secondary N) is 1. The van der Waals surface area contributed by atoms with Gasteiger partial charge in [-0.15, -0.1) is 0 Å². The molecule has 1 N–H and O–H groups in total. The number of halogens is 1. The fraction of sp³-hybridized carbons (Fsp3) is 0.556. The zero-order chi connectivity index (χ0) is 16.9. The zero-order valence-electron chi connectivity index (χ0n) is 13.8. The molecular formula is C18H23ClN2O2S. The van der Waals surface area contributed by atoms with Gasteiger partial charge < -0.3 is 10.2 Å². The minimum absolute atomic E-state index is 0.0440. The summed E-state index contributed by atoms with van der Waals surface area (Å²) in [4.78, 5) is 26.4. The van der Waals surface area contributed by atoms with Gasteiger partial charge in [-0.05, 0) is 43.6 Å². The minimum atomic E-state index is -0.0440. The van der Waals surface area contributed by atoms with Crippen LogP contribution in [-0.2, 0) is 11.2 Å². The van der Waals surface area contributed by atoms with Crippen LogP contribution in [0.5, 0.6) is 0 Å². The van der Waals surface area contributed by atoms with Gasteiger partial charge >= 0.3 is 0 Å². The van der Waals surface area contributed by atoms with Crippen molar-refractivity contribution in [3.05, 3.63) is 28.3 Å². The standard InChI is InChI=1S/C18H23ClN2O2S/c19-15-11-16-13(10-18(23)20-16)9-14(15)17(22)12-24-8-7-21-5-3-1-2-4-6-21/h9,11H,1-8,10,12H2,(H,20,23). The van der Waals surface area contributed by atoms with E-state index >= 15 is 0 Å². The molecule has 0 aliphatic carbocycles. The number of nitrogens with zero attached hydrogens (tertiary/aromatic N) is 1. The van der Waals surface area contributed by atoms with E-state index < -0.39 is 0 Å². The second-order valence-electron chi connectivity index (χ2n) is 6.45. The number of hydrogen-bond acceptors (Lipinski definition) is 4. The number of benzene rings is 1. The van der Waals surface area contributed by atoms with Crippen molar-refractivity contribution in [2.24, 2.45) is 0 Å². The first-order chi connectivity index (χ1) is 11.6. The number of likely N-dealkylation sites (tertiary alicyclic amines) is 1. The van der Waals surface area contributed by atoms with Crippen molar-refractivity contribution < 1.29 is 9.59 Å². The van der Waals surface area contributed by atoms with E-state index in [0.717, 1.165) is 23.5 Å². The molecule has 4 nitrogen and oxygen atoms in total. The molecule has 1 aromatic rings. The summed E-state index contributed by atoms with van der Waals surface area (Å²) in [5.41, 5.74) is 2.13. The maximum absolute atomic E-state index is 12.4. The predicted octanol–water partition coefficient (Wildman–Crippen LogP) is 3.63. The van der Waals surface area contributed by atoms with E-state index in [9.17, 15) is 9.59 Å². The van der Waals surface area contributed by atoms with E-state index in [0.29, 0.717) is 22.8 Å². The summed E-state index contributed by atoms with van der Waals surface area (Å²) >= 11 is 7.88. The van der Waals surface area contributed by atoms with E-state index in [1.165, 1.54) is 38.8 Å². The molecule has 1 fully saturated rings. The Morgan fingerprint density at radius 1 is 1.21 bits per heavy atom. The van der Waals surface area contributed by atoms with Gasteiger partial charge in [-0.2, -0.15) is 11.8 Å². The first-order valence-corrected chi connectivity index (χ1v) is 10.1. The van der Waals surface area contributed by atoms with E-state index in [1.54, 1.807) is 23.9 Å². The Morgan fingerprint density at radius 3 is 2.71 bits per heavy atom. The molecule has 0 atom stereocenters. The van der Waals surface area contributed by atoms with Gasteiger partial charge in [0.15, 0.2) is 5.78 Å². The van der Waals surface area contributed by atoms with Gasteiger partial charge in [0.25, 0.3) is 0 Å². The van der Waals surface area contributed by atoms with Gasteiger partial charge in [0.2, 0.25) is 5.91 Å². The Morgan fingerprint density at radius 2 is 1.96 bits per heavy atom. The molecule has 3 rings (SSSR count). The van der Waals surface area contributed by atoms with E-state index in [-0.39, 0.29) is 11.7 Å². The highest BCUT2D eigenvalue weighted by Crippen LogP contribution is 2.30. The highest BCUT2D eigenvalue weighted by atomic mass is 35.5. The molecule has 0 radical (unpaired) electrons. The van der Waals surface area contributed by atoms with Crippen LogP contribution in [0.2, 0.25) is 5.02 Å². The Kier molecular flexibility index (Phi) is 6.19. The third kappa shape index (κ3) is 4.52. The topological polar surface area (TPSA) is 49.4 Å².